The number of ether oxygens (including phenoxy) is 4. The maximum Gasteiger partial charge on any atom is 0.301 e. The maximum absolute atomic E-state index is 10.1. The third-order valence-electron chi connectivity index (χ3n) is 18.6. The molecule has 2 saturated heterocycles. The standard InChI is InChI=1S/C23H32ClN3O5SSi.4C18H15P.Pd/c1-34(2,3)9-6-29-13-27-16-10-15(24)19(14-4-7-33-8-5-14)25-22(16)26-23(27)32-18-12-31-20-17(28)11-30-21(18)20;4*1-4-10-16(11-5-1)19(17-12-6-2-7-13-17)18-14-8-3-9-15-18;/h4,10,17-18,20-21,28H,5-9,11-13H2,1-3H3;4*1-15H;/t17-,18-,20-,21-;;;;;/m1...../s1. The van der Waals surface area contributed by atoms with Crippen molar-refractivity contribution < 1.29 is 44.5 Å². The molecule has 564 valence electrons. The van der Waals surface area contributed by atoms with E-state index in [1.165, 1.54) is 63.7 Å². The van der Waals surface area contributed by atoms with Gasteiger partial charge in [0.15, 0.2) is 11.8 Å². The van der Waals surface area contributed by atoms with Crippen LogP contribution in [0.25, 0.3) is 16.7 Å². The fourth-order valence-corrected chi connectivity index (χ4v) is 24.2. The van der Waals surface area contributed by atoms with E-state index >= 15 is 0 Å². The summed E-state index contributed by atoms with van der Waals surface area (Å²) in [5.74, 6) is 2.03. The summed E-state index contributed by atoms with van der Waals surface area (Å²) >= 11 is 8.61. The molecule has 5 heterocycles. The molecule has 12 aromatic carbocycles. The molecular formula is C95H92ClN3O5P4PdSSi. The summed E-state index contributed by atoms with van der Waals surface area (Å²) in [6.45, 7) is 8.52. The third kappa shape index (κ3) is 23.1. The Bertz CT molecular complexity index is 4210. The van der Waals surface area contributed by atoms with E-state index in [4.69, 9.17) is 40.5 Å². The van der Waals surface area contributed by atoms with Gasteiger partial charge in [-0.1, -0.05) is 401 Å². The minimum absolute atomic E-state index is 0. The van der Waals surface area contributed by atoms with E-state index in [9.17, 15) is 5.11 Å². The molecular weight excluding hydrogens is 1590 g/mol. The molecule has 0 amide bonds. The third-order valence-corrected chi connectivity index (χ3v) is 31.2. The minimum atomic E-state index is -1.21. The Morgan fingerprint density at radius 3 is 1.01 bits per heavy atom. The summed E-state index contributed by atoms with van der Waals surface area (Å²) in [6, 6.07) is 133. The molecule has 17 rings (SSSR count). The van der Waals surface area contributed by atoms with Crippen molar-refractivity contribution in [3.63, 3.8) is 0 Å². The predicted molar refractivity (Wildman–Crippen MR) is 477 cm³/mol. The van der Waals surface area contributed by atoms with Crippen molar-refractivity contribution in [2.45, 2.75) is 63.3 Å². The van der Waals surface area contributed by atoms with Gasteiger partial charge in [0.1, 0.15) is 25.0 Å². The fraction of sp³-hybridized carbons (Fsp3) is 0.158. The summed E-state index contributed by atoms with van der Waals surface area (Å²) < 4.78 is 25.7. The molecule has 14 aromatic rings. The number of aliphatic hydroxyl groups is 1. The van der Waals surface area contributed by atoms with Crippen LogP contribution in [0.15, 0.2) is 376 Å². The van der Waals surface area contributed by atoms with Crippen molar-refractivity contribution >= 4 is 144 Å². The molecule has 2 fully saturated rings. The smallest absolute Gasteiger partial charge is 0.301 e. The van der Waals surface area contributed by atoms with Crippen LogP contribution in [0.4, 0.5) is 0 Å². The first kappa shape index (κ1) is 82.3. The molecule has 3 aliphatic rings. The van der Waals surface area contributed by atoms with Gasteiger partial charge in [-0.15, -0.1) is 0 Å². The monoisotopic (exact) mass is 1680 g/mol. The fourth-order valence-electron chi connectivity index (χ4n) is 13.1. The number of hydrogen-bond acceptors (Lipinski definition) is 8. The molecule has 3 aliphatic heterocycles. The number of halogens is 1. The van der Waals surface area contributed by atoms with Crippen LogP contribution in [0.1, 0.15) is 12.1 Å². The summed E-state index contributed by atoms with van der Waals surface area (Å²) in [4.78, 5) is 9.55. The predicted octanol–water partition coefficient (Wildman–Crippen LogP) is 17.6. The summed E-state index contributed by atoms with van der Waals surface area (Å²) in [5.41, 5.74) is 3.29. The molecule has 111 heavy (non-hydrogen) atoms. The van der Waals surface area contributed by atoms with Crippen LogP contribution in [-0.2, 0) is 41.4 Å². The first-order valence-electron chi connectivity index (χ1n) is 37.4. The number of thioether (sulfide) groups is 1. The van der Waals surface area contributed by atoms with Crippen LogP contribution < -0.4 is 68.4 Å². The first-order valence-corrected chi connectivity index (χ1v) is 48.0. The number of allylic oxidation sites excluding steroid dienone is 1. The van der Waals surface area contributed by atoms with Gasteiger partial charge in [-0.25, -0.2) is 4.98 Å². The molecule has 0 radical (unpaired) electrons. The van der Waals surface area contributed by atoms with Crippen molar-refractivity contribution in [2.75, 3.05) is 31.3 Å². The molecule has 2 aromatic heterocycles. The zero-order valence-corrected chi connectivity index (χ0v) is 70.3. The number of benzene rings is 12. The van der Waals surface area contributed by atoms with Gasteiger partial charge in [-0.2, -0.15) is 16.7 Å². The number of imidazole rings is 1. The Labute approximate surface area is 684 Å². The number of rotatable bonds is 20. The van der Waals surface area contributed by atoms with E-state index in [-0.39, 0.29) is 52.1 Å². The number of pyridine rings is 1. The number of aliphatic hydroxyl groups excluding tert-OH is 1. The van der Waals surface area contributed by atoms with E-state index in [1.54, 1.807) is 0 Å². The minimum Gasteiger partial charge on any atom is -0.456 e. The second-order valence-electron chi connectivity index (χ2n) is 27.6. The number of hydrogen-bond donors (Lipinski definition) is 1. The van der Waals surface area contributed by atoms with E-state index in [0.717, 1.165) is 40.8 Å². The Balaban J connectivity index is 0.000000132. The van der Waals surface area contributed by atoms with Gasteiger partial charge >= 0.3 is 6.01 Å². The van der Waals surface area contributed by atoms with E-state index < -0.39 is 45.9 Å². The molecule has 4 atom stereocenters. The number of fused-ring (bicyclic) bond motifs is 2. The average Bonchev–Trinajstić information content (AvgIpc) is 1.65. The van der Waals surface area contributed by atoms with Crippen LogP contribution in [0.5, 0.6) is 6.01 Å². The van der Waals surface area contributed by atoms with Crippen LogP contribution in [0, 0.1) is 0 Å². The SMILES string of the molecule is C[Si](C)(C)CCOCn1c(O[C@@H]2CO[C@H]3[C@@H]2OC[C@H]3O)nc2nc(C3=CCSCC3)c(Cl)cc21.[Pd].c1ccc(P(c2ccccc2)c2ccccc2)cc1.c1ccc(P(c2ccccc2)c2ccccc2)cc1.c1ccc(P(c2ccccc2)c2ccccc2)cc1.c1ccc(P(c2ccccc2)c2ccccc2)cc1. The summed E-state index contributed by atoms with van der Waals surface area (Å²) in [6.07, 6.45) is 1.44. The van der Waals surface area contributed by atoms with Gasteiger partial charge in [-0.3, -0.25) is 4.57 Å². The number of nitrogens with zero attached hydrogens (tertiary/aromatic N) is 3. The first-order chi connectivity index (χ1) is 54.1. The average molecular weight is 1680 g/mol. The second kappa shape index (κ2) is 42.7. The van der Waals surface area contributed by atoms with Crippen molar-refractivity contribution in [2.24, 2.45) is 0 Å². The summed E-state index contributed by atoms with van der Waals surface area (Å²) in [7, 11) is -3.00. The second-order valence-corrected chi connectivity index (χ2v) is 43.6. The van der Waals surface area contributed by atoms with Crippen molar-refractivity contribution in [1.82, 2.24) is 14.5 Å². The van der Waals surface area contributed by atoms with E-state index in [0.29, 0.717) is 29.9 Å². The van der Waals surface area contributed by atoms with Crippen molar-refractivity contribution in [1.29, 1.82) is 0 Å². The molecule has 0 unspecified atom stereocenters. The molecule has 1 N–H and O–H groups in total. The Hall–Kier alpha value is -8.12. The summed E-state index contributed by atoms with van der Waals surface area (Å²) in [5, 5.41) is 27.5. The van der Waals surface area contributed by atoms with Crippen molar-refractivity contribution in [3.8, 4) is 6.01 Å². The molecule has 0 aliphatic carbocycles. The van der Waals surface area contributed by atoms with Crippen LogP contribution in [0.2, 0.25) is 30.7 Å². The van der Waals surface area contributed by atoms with E-state index in [1.807, 2.05) is 22.4 Å². The van der Waals surface area contributed by atoms with E-state index in [2.05, 4.69) is 390 Å². The topological polar surface area (TPSA) is 87.9 Å². The number of aromatic nitrogens is 3. The molecule has 0 spiro atoms. The molecule has 8 nitrogen and oxygen atoms in total. The van der Waals surface area contributed by atoms with Gasteiger partial charge < -0.3 is 24.1 Å². The zero-order valence-electron chi connectivity index (χ0n) is 62.6. The van der Waals surface area contributed by atoms with Gasteiger partial charge in [0.25, 0.3) is 0 Å². The van der Waals surface area contributed by atoms with Gasteiger partial charge in [-0.05, 0) is 125 Å². The maximum atomic E-state index is 10.1. The van der Waals surface area contributed by atoms with Crippen LogP contribution in [0.3, 0.4) is 0 Å². The van der Waals surface area contributed by atoms with Crippen LogP contribution >= 0.6 is 55.0 Å². The largest absolute Gasteiger partial charge is 0.456 e. The van der Waals surface area contributed by atoms with Crippen LogP contribution in [-0.4, -0.2) is 83.5 Å². The van der Waals surface area contributed by atoms with Crippen molar-refractivity contribution in [3.05, 3.63) is 387 Å². The van der Waals surface area contributed by atoms with Gasteiger partial charge in [0, 0.05) is 40.9 Å². The Morgan fingerprint density at radius 1 is 0.432 bits per heavy atom. The molecule has 0 saturated carbocycles. The Kier molecular flexibility index (Phi) is 31.7. The molecule has 16 heteroatoms. The zero-order chi connectivity index (χ0) is 75.5. The quantitative estimate of drug-likeness (QED) is 0.0459. The molecule has 0 bridgehead atoms. The van der Waals surface area contributed by atoms with Gasteiger partial charge in [0.2, 0.25) is 0 Å². The normalized spacial score (nSPS) is 15.6. The van der Waals surface area contributed by atoms with Gasteiger partial charge in [0.05, 0.1) is 29.4 Å². The Morgan fingerprint density at radius 2 is 0.730 bits per heavy atom.